The van der Waals surface area contributed by atoms with Gasteiger partial charge in [-0.1, -0.05) is 33.6 Å². The highest BCUT2D eigenvalue weighted by molar-refractivity contribution is 7.45. The molecule has 4 aliphatic rings. The van der Waals surface area contributed by atoms with Gasteiger partial charge in [0.25, 0.3) is 6.69 Å². The highest BCUT2D eigenvalue weighted by Crippen LogP contribution is 2.70. The normalized spacial score (nSPS) is 45.3. The summed E-state index contributed by atoms with van der Waals surface area (Å²) in [5, 5.41) is 0. The monoisotopic (exact) mass is 346 g/mol. The molecule has 0 aromatic carbocycles. The molecule has 21 heavy (non-hydrogen) atoms. The lowest BCUT2D eigenvalue weighted by molar-refractivity contribution is -0.147. The molecule has 0 amide bonds. The van der Waals surface area contributed by atoms with Crippen LogP contribution in [0.1, 0.15) is 78.6 Å². The van der Waals surface area contributed by atoms with Crippen molar-refractivity contribution in [2.75, 3.05) is 0 Å². The molecule has 4 fully saturated rings. The quantitative estimate of drug-likeness (QED) is 0.355. The lowest BCUT2D eigenvalue weighted by atomic mass is 9.40. The van der Waals surface area contributed by atoms with Crippen LogP contribution < -0.4 is 0 Å². The van der Waals surface area contributed by atoms with Crippen molar-refractivity contribution in [3.8, 4) is 0 Å². The summed E-state index contributed by atoms with van der Waals surface area (Å²) in [4.78, 5) is 0. The number of hydrogen-bond donors (Lipinski definition) is 0. The fourth-order valence-electron chi connectivity index (χ4n) is 7.18. The summed E-state index contributed by atoms with van der Waals surface area (Å²) in [5.74, 6) is 1.01. The van der Waals surface area contributed by atoms with E-state index in [0.717, 1.165) is 24.4 Å². The van der Waals surface area contributed by atoms with Crippen LogP contribution in [0.4, 0.5) is 0 Å². The van der Waals surface area contributed by atoms with Crippen LogP contribution in [0.3, 0.4) is 0 Å². The molecule has 0 aromatic rings. The van der Waals surface area contributed by atoms with Gasteiger partial charge in [0, 0.05) is 0 Å². The average molecular weight is 347 g/mol. The molecule has 122 valence electrons. The fraction of sp³-hybridized carbons (Fsp3) is 1.00. The summed E-state index contributed by atoms with van der Waals surface area (Å²) in [7, 11) is 0. The molecule has 4 saturated carbocycles. The predicted molar refractivity (Wildman–Crippen MR) is 96.4 cm³/mol. The number of halogens is 2. The molecule has 0 nitrogen and oxygen atoms in total. The molecule has 0 spiro atoms. The van der Waals surface area contributed by atoms with Gasteiger partial charge in [0.15, 0.2) is 0 Å². The molecule has 0 radical (unpaired) electrons. The third kappa shape index (κ3) is 3.50. The Bertz CT molecular complexity index is 388. The van der Waals surface area contributed by atoms with Crippen molar-refractivity contribution in [1.82, 2.24) is 0 Å². The molecule has 2 atom stereocenters. The van der Waals surface area contributed by atoms with Gasteiger partial charge in [-0.15, -0.1) is 22.2 Å². The van der Waals surface area contributed by atoms with E-state index in [1.54, 1.807) is 0 Å². The third-order valence-corrected chi connectivity index (χ3v) is 11.2. The van der Waals surface area contributed by atoms with Crippen LogP contribution in [0, 0.1) is 22.2 Å². The second-order valence-electron chi connectivity index (χ2n) is 9.59. The SMILES string of the molecule is CCC[Si](Cl)(Cl)CCCC12CC3CC(C)(CC(C)(C3)C1)C2. The second kappa shape index (κ2) is 5.41. The Hall–Kier alpha value is 0.797. The highest BCUT2D eigenvalue weighted by Gasteiger charge is 2.59. The van der Waals surface area contributed by atoms with Crippen molar-refractivity contribution in [2.24, 2.45) is 22.2 Å². The van der Waals surface area contributed by atoms with E-state index in [1.807, 2.05) is 0 Å². The van der Waals surface area contributed by atoms with Gasteiger partial charge >= 0.3 is 0 Å². The van der Waals surface area contributed by atoms with Gasteiger partial charge in [0.1, 0.15) is 0 Å². The first-order valence-electron chi connectivity index (χ1n) is 9.05. The summed E-state index contributed by atoms with van der Waals surface area (Å²) in [6, 6.07) is 2.19. The maximum Gasteiger partial charge on any atom is 0.251 e. The standard InChI is InChI=1S/C18H32Cl2Si/c1-4-7-21(19,20)8-5-6-18-11-15-9-16(2,13-18)12-17(3,10-15)14-18/h15H,4-14H2,1-3H3. The van der Waals surface area contributed by atoms with E-state index in [2.05, 4.69) is 20.8 Å². The summed E-state index contributed by atoms with van der Waals surface area (Å²) in [6.45, 7) is 5.42. The molecule has 3 heteroatoms. The van der Waals surface area contributed by atoms with E-state index in [1.165, 1.54) is 51.4 Å². The van der Waals surface area contributed by atoms with E-state index >= 15 is 0 Å². The van der Waals surface area contributed by atoms with Crippen molar-refractivity contribution in [3.05, 3.63) is 0 Å². The second-order valence-corrected chi connectivity index (χ2v) is 17.2. The smallest absolute Gasteiger partial charge is 0.146 e. The van der Waals surface area contributed by atoms with Crippen molar-refractivity contribution in [2.45, 2.75) is 90.6 Å². The van der Waals surface area contributed by atoms with Gasteiger partial charge < -0.3 is 0 Å². The Morgan fingerprint density at radius 1 is 0.952 bits per heavy atom. The van der Waals surface area contributed by atoms with E-state index in [4.69, 9.17) is 22.2 Å². The lowest BCUT2D eigenvalue weighted by Crippen LogP contribution is -2.54. The Labute approximate surface area is 141 Å². The summed E-state index contributed by atoms with van der Waals surface area (Å²) >= 11 is 13.2. The largest absolute Gasteiger partial charge is 0.251 e. The minimum absolute atomic E-state index is 0.646. The zero-order chi connectivity index (χ0) is 15.4. The minimum atomic E-state index is -1.93. The van der Waals surface area contributed by atoms with Crippen LogP contribution in [-0.4, -0.2) is 6.69 Å². The Morgan fingerprint density at radius 3 is 2.10 bits per heavy atom. The van der Waals surface area contributed by atoms with Gasteiger partial charge in [0.2, 0.25) is 0 Å². The van der Waals surface area contributed by atoms with E-state index in [9.17, 15) is 0 Å². The van der Waals surface area contributed by atoms with Crippen molar-refractivity contribution in [3.63, 3.8) is 0 Å². The molecule has 4 aliphatic carbocycles. The maximum absolute atomic E-state index is 6.58. The van der Waals surface area contributed by atoms with Crippen LogP contribution in [0.25, 0.3) is 0 Å². The van der Waals surface area contributed by atoms with Gasteiger partial charge in [-0.3, -0.25) is 0 Å². The number of rotatable bonds is 6. The first kappa shape index (κ1) is 16.6. The summed E-state index contributed by atoms with van der Waals surface area (Å²) < 4.78 is 0. The zero-order valence-electron chi connectivity index (χ0n) is 14.1. The molecule has 4 bridgehead atoms. The van der Waals surface area contributed by atoms with Gasteiger partial charge in [0.05, 0.1) is 0 Å². The Morgan fingerprint density at radius 2 is 1.57 bits per heavy atom. The molecule has 0 saturated heterocycles. The first-order valence-corrected chi connectivity index (χ1v) is 13.5. The van der Waals surface area contributed by atoms with Crippen LogP contribution in [0.2, 0.25) is 12.1 Å². The van der Waals surface area contributed by atoms with Gasteiger partial charge in [-0.2, -0.15) is 0 Å². The van der Waals surface area contributed by atoms with Crippen LogP contribution in [-0.2, 0) is 0 Å². The van der Waals surface area contributed by atoms with Crippen molar-refractivity contribution in [1.29, 1.82) is 0 Å². The van der Waals surface area contributed by atoms with Crippen LogP contribution in [0.15, 0.2) is 0 Å². The Kier molecular flexibility index (Phi) is 4.29. The van der Waals surface area contributed by atoms with Crippen molar-refractivity contribution < 1.29 is 0 Å². The van der Waals surface area contributed by atoms with Crippen LogP contribution >= 0.6 is 22.2 Å². The average Bonchev–Trinajstić information content (AvgIpc) is 2.22. The molecule has 0 N–H and O–H groups in total. The lowest BCUT2D eigenvalue weighted by Gasteiger charge is -2.65. The molecular formula is C18H32Cl2Si. The summed E-state index contributed by atoms with van der Waals surface area (Å²) in [5.41, 5.74) is 1.94. The Balaban J connectivity index is 1.63. The predicted octanol–water partition coefficient (Wildman–Crippen LogP) is 7.09. The fourth-order valence-corrected chi connectivity index (χ4v) is 10.8. The van der Waals surface area contributed by atoms with E-state index in [-0.39, 0.29) is 0 Å². The van der Waals surface area contributed by atoms with E-state index < -0.39 is 6.69 Å². The molecular weight excluding hydrogens is 315 g/mol. The molecule has 0 aliphatic heterocycles. The maximum atomic E-state index is 6.58. The van der Waals surface area contributed by atoms with Crippen molar-refractivity contribution >= 4 is 28.9 Å². The van der Waals surface area contributed by atoms with Gasteiger partial charge in [-0.05, 0) is 79.2 Å². The first-order chi connectivity index (χ1) is 9.67. The molecule has 4 rings (SSSR count). The molecule has 2 unspecified atom stereocenters. The van der Waals surface area contributed by atoms with Gasteiger partial charge in [-0.25, -0.2) is 0 Å². The summed E-state index contributed by atoms with van der Waals surface area (Å²) in [6.07, 6.45) is 12.8. The third-order valence-electron chi connectivity index (χ3n) is 6.61. The molecule has 0 aromatic heterocycles. The van der Waals surface area contributed by atoms with Crippen LogP contribution in [0.5, 0.6) is 0 Å². The molecule has 0 heterocycles. The number of hydrogen-bond acceptors (Lipinski definition) is 0. The zero-order valence-corrected chi connectivity index (χ0v) is 16.6. The minimum Gasteiger partial charge on any atom is -0.146 e. The van der Waals surface area contributed by atoms with E-state index in [0.29, 0.717) is 16.2 Å². The highest BCUT2D eigenvalue weighted by atomic mass is 35.7. The topological polar surface area (TPSA) is 0 Å².